The summed E-state index contributed by atoms with van der Waals surface area (Å²) in [5.74, 6) is 0. The highest BCUT2D eigenvalue weighted by molar-refractivity contribution is 5.84. The van der Waals surface area contributed by atoms with Crippen molar-refractivity contribution in [3.8, 4) is 0 Å². The van der Waals surface area contributed by atoms with E-state index >= 15 is 0 Å². The van der Waals surface area contributed by atoms with Gasteiger partial charge in [0, 0.05) is 23.8 Å². The van der Waals surface area contributed by atoms with Crippen molar-refractivity contribution >= 4 is 11.8 Å². The molecule has 1 aromatic rings. The minimum absolute atomic E-state index is 0.271. The average molecular weight is 305 g/mol. The van der Waals surface area contributed by atoms with Crippen LogP contribution in [-0.2, 0) is 4.74 Å². The van der Waals surface area contributed by atoms with Gasteiger partial charge in [-0.3, -0.25) is 5.32 Å². The van der Waals surface area contributed by atoms with Gasteiger partial charge in [-0.15, -0.1) is 0 Å². The first-order valence-electron chi connectivity index (χ1n) is 7.84. The molecule has 1 saturated carbocycles. The lowest BCUT2D eigenvalue weighted by Crippen LogP contribution is -2.49. The summed E-state index contributed by atoms with van der Waals surface area (Å²) >= 11 is 0. The molecule has 0 heterocycles. The highest BCUT2D eigenvalue weighted by Gasteiger charge is 2.26. The van der Waals surface area contributed by atoms with Gasteiger partial charge >= 0.3 is 6.09 Å². The third-order valence-electron chi connectivity index (χ3n) is 3.72. The molecule has 122 valence electrons. The van der Waals surface area contributed by atoms with Crippen LogP contribution in [0.25, 0.3) is 0 Å². The number of carbonyl (C=O) groups excluding carboxylic acids is 1. The molecule has 1 atom stereocenters. The summed E-state index contributed by atoms with van der Waals surface area (Å²) in [6, 6.07) is 8.96. The van der Waals surface area contributed by atoms with Crippen molar-refractivity contribution in [1.82, 2.24) is 5.32 Å². The highest BCUT2D eigenvalue weighted by Crippen LogP contribution is 2.23. The van der Waals surface area contributed by atoms with E-state index in [4.69, 9.17) is 10.5 Å². The van der Waals surface area contributed by atoms with E-state index in [-0.39, 0.29) is 6.04 Å². The Morgan fingerprint density at radius 3 is 2.36 bits per heavy atom. The molecule has 1 unspecified atom stereocenters. The Bertz CT molecular complexity index is 502. The van der Waals surface area contributed by atoms with Gasteiger partial charge < -0.3 is 15.8 Å². The van der Waals surface area contributed by atoms with Crippen molar-refractivity contribution < 1.29 is 9.53 Å². The molecule has 1 aliphatic carbocycles. The van der Waals surface area contributed by atoms with Gasteiger partial charge in [0.1, 0.15) is 5.60 Å². The van der Waals surface area contributed by atoms with Gasteiger partial charge in [0.05, 0.1) is 0 Å². The maximum atomic E-state index is 11.7. The number of hydrogen-bond acceptors (Lipinski definition) is 4. The van der Waals surface area contributed by atoms with Crippen LogP contribution >= 0.6 is 0 Å². The van der Waals surface area contributed by atoms with Gasteiger partial charge in [-0.25, -0.2) is 4.79 Å². The Kier molecular flexibility index (Phi) is 5.08. The predicted molar refractivity (Wildman–Crippen MR) is 88.8 cm³/mol. The van der Waals surface area contributed by atoms with E-state index < -0.39 is 11.7 Å². The fourth-order valence-electron chi connectivity index (χ4n) is 2.52. The second kappa shape index (κ2) is 6.67. The van der Waals surface area contributed by atoms with Crippen LogP contribution in [0.2, 0.25) is 0 Å². The van der Waals surface area contributed by atoms with Gasteiger partial charge in [-0.1, -0.05) is 12.1 Å². The van der Waals surface area contributed by atoms with E-state index in [0.717, 1.165) is 18.5 Å². The van der Waals surface area contributed by atoms with Gasteiger partial charge in [0.15, 0.2) is 0 Å². The van der Waals surface area contributed by atoms with Crippen LogP contribution in [-0.4, -0.2) is 23.8 Å². The van der Waals surface area contributed by atoms with E-state index in [1.807, 2.05) is 45.0 Å². The molecule has 1 aliphatic rings. The molecule has 0 aliphatic heterocycles. The molecule has 1 amide bonds. The second-order valence-electron chi connectivity index (χ2n) is 7.07. The number of hydrogen-bond donors (Lipinski definition) is 3. The smallest absolute Gasteiger partial charge is 0.412 e. The van der Waals surface area contributed by atoms with Crippen molar-refractivity contribution in [2.24, 2.45) is 5.73 Å². The van der Waals surface area contributed by atoms with Crippen molar-refractivity contribution in [1.29, 1.82) is 0 Å². The standard InChI is InChI=1S/C17H27N3O2/c1-11(19-15-9-13(18)10-15)12-5-7-14(8-6-12)20-16(21)22-17(2,3)4/h5-8,11,13,15,19H,9-10,18H2,1-4H3,(H,20,21). The zero-order valence-electron chi connectivity index (χ0n) is 13.8. The quantitative estimate of drug-likeness (QED) is 0.798. The highest BCUT2D eigenvalue weighted by atomic mass is 16.6. The lowest BCUT2D eigenvalue weighted by molar-refractivity contribution is 0.0636. The molecular weight excluding hydrogens is 278 g/mol. The molecule has 5 heteroatoms. The van der Waals surface area contributed by atoms with E-state index in [2.05, 4.69) is 17.6 Å². The summed E-state index contributed by atoms with van der Waals surface area (Å²) in [4.78, 5) is 11.7. The lowest BCUT2D eigenvalue weighted by Gasteiger charge is -2.35. The van der Waals surface area contributed by atoms with Crippen LogP contribution in [0.1, 0.15) is 52.1 Å². The van der Waals surface area contributed by atoms with Crippen LogP contribution in [0.3, 0.4) is 0 Å². The topological polar surface area (TPSA) is 76.4 Å². The summed E-state index contributed by atoms with van der Waals surface area (Å²) in [5, 5.41) is 6.30. The van der Waals surface area contributed by atoms with Crippen LogP contribution in [0, 0.1) is 0 Å². The SMILES string of the molecule is CC(NC1CC(N)C1)c1ccc(NC(=O)OC(C)(C)C)cc1. The molecule has 0 bridgehead atoms. The third kappa shape index (κ3) is 5.00. The number of rotatable bonds is 4. The molecular formula is C17H27N3O2. The summed E-state index contributed by atoms with van der Waals surface area (Å²) in [7, 11) is 0. The molecule has 0 radical (unpaired) electrons. The largest absolute Gasteiger partial charge is 0.444 e. The van der Waals surface area contributed by atoms with Gasteiger partial charge in [-0.2, -0.15) is 0 Å². The molecule has 1 aromatic carbocycles. The summed E-state index contributed by atoms with van der Waals surface area (Å²) < 4.78 is 5.23. The molecule has 5 nitrogen and oxygen atoms in total. The first kappa shape index (κ1) is 16.8. The van der Waals surface area contributed by atoms with Crippen molar-refractivity contribution in [2.45, 2.75) is 64.3 Å². The molecule has 0 spiro atoms. The van der Waals surface area contributed by atoms with Gasteiger partial charge in [0.2, 0.25) is 0 Å². The summed E-state index contributed by atoms with van der Waals surface area (Å²) in [6.45, 7) is 7.67. The first-order chi connectivity index (χ1) is 10.2. The van der Waals surface area contributed by atoms with Crippen molar-refractivity contribution in [3.05, 3.63) is 29.8 Å². The summed E-state index contributed by atoms with van der Waals surface area (Å²) in [5.41, 5.74) is 7.23. The Morgan fingerprint density at radius 1 is 1.27 bits per heavy atom. The minimum Gasteiger partial charge on any atom is -0.444 e. The maximum absolute atomic E-state index is 11.7. The van der Waals surface area contributed by atoms with Crippen LogP contribution in [0.5, 0.6) is 0 Å². The average Bonchev–Trinajstić information content (AvgIpc) is 2.35. The maximum Gasteiger partial charge on any atom is 0.412 e. The molecule has 0 saturated heterocycles. The minimum atomic E-state index is -0.494. The fourth-order valence-corrected chi connectivity index (χ4v) is 2.52. The zero-order chi connectivity index (χ0) is 16.3. The first-order valence-corrected chi connectivity index (χ1v) is 7.84. The van der Waals surface area contributed by atoms with Crippen molar-refractivity contribution in [2.75, 3.05) is 5.32 Å². The Balaban J connectivity index is 1.85. The second-order valence-corrected chi connectivity index (χ2v) is 7.07. The zero-order valence-corrected chi connectivity index (χ0v) is 13.8. The monoisotopic (exact) mass is 305 g/mol. The number of nitrogens with two attached hydrogens (primary N) is 1. The number of amides is 1. The van der Waals surface area contributed by atoms with Gasteiger partial charge in [-0.05, 0) is 58.2 Å². The molecule has 22 heavy (non-hydrogen) atoms. The lowest BCUT2D eigenvalue weighted by atomic mass is 9.87. The van der Waals surface area contributed by atoms with Crippen LogP contribution < -0.4 is 16.4 Å². The number of nitrogens with one attached hydrogen (secondary N) is 2. The fraction of sp³-hybridized carbons (Fsp3) is 0.588. The van der Waals surface area contributed by atoms with Crippen LogP contribution in [0.4, 0.5) is 10.5 Å². The number of carbonyl (C=O) groups is 1. The predicted octanol–water partition coefficient (Wildman–Crippen LogP) is 3.17. The molecule has 0 aromatic heterocycles. The third-order valence-corrected chi connectivity index (χ3v) is 3.72. The Hall–Kier alpha value is -1.59. The van der Waals surface area contributed by atoms with Crippen molar-refractivity contribution in [3.63, 3.8) is 0 Å². The number of anilines is 1. The Morgan fingerprint density at radius 2 is 1.86 bits per heavy atom. The van der Waals surface area contributed by atoms with E-state index in [1.165, 1.54) is 5.56 Å². The van der Waals surface area contributed by atoms with E-state index in [9.17, 15) is 4.79 Å². The van der Waals surface area contributed by atoms with Gasteiger partial charge in [0.25, 0.3) is 0 Å². The Labute approximate surface area is 132 Å². The normalized spacial score (nSPS) is 22.6. The number of benzene rings is 1. The molecule has 4 N–H and O–H groups in total. The molecule has 1 fully saturated rings. The summed E-state index contributed by atoms with van der Waals surface area (Å²) in [6.07, 6.45) is 1.65. The van der Waals surface area contributed by atoms with Crippen LogP contribution in [0.15, 0.2) is 24.3 Å². The van der Waals surface area contributed by atoms with E-state index in [1.54, 1.807) is 0 Å². The van der Waals surface area contributed by atoms with E-state index in [0.29, 0.717) is 12.1 Å². The molecule has 2 rings (SSSR count). The number of ether oxygens (including phenoxy) is 1.